The quantitative estimate of drug-likeness (QED) is 0.886. The zero-order valence-electron chi connectivity index (χ0n) is 10.9. The standard InChI is InChI=1S/C13H15N5O/c1-3-8-15-13-10(9-14)16-18(17-13)11-6-4-5-7-12(11)19-2/h4-7H,3,8H2,1-2H3,(H,15,17). The molecule has 0 unspecified atom stereocenters. The van der Waals surface area contributed by atoms with Crippen molar-refractivity contribution in [3.8, 4) is 17.5 Å². The molecule has 0 saturated carbocycles. The summed E-state index contributed by atoms with van der Waals surface area (Å²) < 4.78 is 5.26. The van der Waals surface area contributed by atoms with E-state index in [0.29, 0.717) is 17.3 Å². The van der Waals surface area contributed by atoms with E-state index in [0.717, 1.165) is 13.0 Å². The Labute approximate surface area is 111 Å². The van der Waals surface area contributed by atoms with Gasteiger partial charge in [-0.1, -0.05) is 19.1 Å². The lowest BCUT2D eigenvalue weighted by atomic mass is 10.3. The summed E-state index contributed by atoms with van der Waals surface area (Å²) in [6, 6.07) is 9.43. The topological polar surface area (TPSA) is 75.8 Å². The second kappa shape index (κ2) is 5.87. The number of nitriles is 1. The number of nitrogens with one attached hydrogen (secondary N) is 1. The molecule has 98 valence electrons. The van der Waals surface area contributed by atoms with Gasteiger partial charge in [-0.2, -0.15) is 5.26 Å². The molecule has 1 aromatic heterocycles. The normalized spacial score (nSPS) is 9.95. The maximum absolute atomic E-state index is 9.07. The first kappa shape index (κ1) is 12.9. The number of anilines is 1. The van der Waals surface area contributed by atoms with Crippen LogP contribution in [0.5, 0.6) is 5.75 Å². The van der Waals surface area contributed by atoms with Crippen molar-refractivity contribution in [3.05, 3.63) is 30.0 Å². The number of nitrogens with zero attached hydrogens (tertiary/aromatic N) is 4. The van der Waals surface area contributed by atoms with Crippen LogP contribution in [-0.4, -0.2) is 28.6 Å². The summed E-state index contributed by atoms with van der Waals surface area (Å²) in [6.45, 7) is 2.79. The summed E-state index contributed by atoms with van der Waals surface area (Å²) in [5.41, 5.74) is 0.977. The highest BCUT2D eigenvalue weighted by molar-refractivity contribution is 5.50. The van der Waals surface area contributed by atoms with Crippen LogP contribution in [0.2, 0.25) is 0 Å². The molecule has 1 aromatic carbocycles. The summed E-state index contributed by atoms with van der Waals surface area (Å²) in [6.07, 6.45) is 0.951. The van der Waals surface area contributed by atoms with Crippen molar-refractivity contribution < 1.29 is 4.74 Å². The molecule has 0 radical (unpaired) electrons. The lowest BCUT2D eigenvalue weighted by Crippen LogP contribution is -2.04. The van der Waals surface area contributed by atoms with Gasteiger partial charge < -0.3 is 10.1 Å². The zero-order valence-corrected chi connectivity index (χ0v) is 10.9. The minimum absolute atomic E-state index is 0.277. The average molecular weight is 257 g/mol. The van der Waals surface area contributed by atoms with Crippen molar-refractivity contribution in [1.29, 1.82) is 5.26 Å². The first-order valence-corrected chi connectivity index (χ1v) is 6.04. The second-order valence-corrected chi connectivity index (χ2v) is 3.90. The number of ether oxygens (including phenoxy) is 1. The van der Waals surface area contributed by atoms with Gasteiger partial charge in [0.1, 0.15) is 17.5 Å². The smallest absolute Gasteiger partial charge is 0.207 e. The van der Waals surface area contributed by atoms with Gasteiger partial charge in [-0.3, -0.25) is 0 Å². The van der Waals surface area contributed by atoms with Crippen LogP contribution in [0.1, 0.15) is 19.0 Å². The average Bonchev–Trinajstić information content (AvgIpc) is 2.88. The van der Waals surface area contributed by atoms with Crippen molar-refractivity contribution >= 4 is 5.82 Å². The van der Waals surface area contributed by atoms with Gasteiger partial charge in [-0.15, -0.1) is 15.0 Å². The lowest BCUT2D eigenvalue weighted by Gasteiger charge is -2.05. The number of methoxy groups -OCH3 is 1. The Kier molecular flexibility index (Phi) is 3.98. The summed E-state index contributed by atoms with van der Waals surface area (Å²) in [5, 5.41) is 20.6. The molecule has 0 aliphatic heterocycles. The predicted octanol–water partition coefficient (Wildman–Crippen LogP) is 1.97. The molecular formula is C13H15N5O. The van der Waals surface area contributed by atoms with Crippen LogP contribution < -0.4 is 10.1 Å². The molecule has 19 heavy (non-hydrogen) atoms. The molecule has 1 heterocycles. The van der Waals surface area contributed by atoms with Gasteiger partial charge in [0.2, 0.25) is 5.69 Å². The van der Waals surface area contributed by atoms with E-state index in [1.165, 1.54) is 4.80 Å². The number of hydrogen-bond acceptors (Lipinski definition) is 5. The maximum Gasteiger partial charge on any atom is 0.207 e. The number of para-hydroxylation sites is 2. The zero-order chi connectivity index (χ0) is 13.7. The van der Waals surface area contributed by atoms with Crippen LogP contribution >= 0.6 is 0 Å². The predicted molar refractivity (Wildman–Crippen MR) is 71.4 cm³/mol. The minimum atomic E-state index is 0.277. The van der Waals surface area contributed by atoms with Crippen molar-refractivity contribution in [2.45, 2.75) is 13.3 Å². The van der Waals surface area contributed by atoms with Gasteiger partial charge in [0.05, 0.1) is 7.11 Å². The number of aromatic nitrogens is 3. The molecule has 1 N–H and O–H groups in total. The van der Waals surface area contributed by atoms with E-state index >= 15 is 0 Å². The molecule has 6 heteroatoms. The molecule has 0 atom stereocenters. The van der Waals surface area contributed by atoms with Crippen molar-refractivity contribution in [2.75, 3.05) is 19.0 Å². The fourth-order valence-corrected chi connectivity index (χ4v) is 1.65. The molecular weight excluding hydrogens is 242 g/mol. The van der Waals surface area contributed by atoms with Gasteiger partial charge in [-0.25, -0.2) is 0 Å². The molecule has 0 amide bonds. The third kappa shape index (κ3) is 2.65. The van der Waals surface area contributed by atoms with E-state index in [9.17, 15) is 0 Å². The third-order valence-electron chi connectivity index (χ3n) is 2.56. The van der Waals surface area contributed by atoms with Crippen molar-refractivity contribution in [3.63, 3.8) is 0 Å². The van der Waals surface area contributed by atoms with Crippen LogP contribution in [0.4, 0.5) is 5.82 Å². The molecule has 0 aliphatic carbocycles. The molecule has 0 saturated heterocycles. The van der Waals surface area contributed by atoms with Gasteiger partial charge >= 0.3 is 0 Å². The highest BCUT2D eigenvalue weighted by Gasteiger charge is 2.13. The Bertz CT molecular complexity index is 599. The number of hydrogen-bond donors (Lipinski definition) is 1. The Morgan fingerprint density at radius 1 is 1.37 bits per heavy atom. The van der Waals surface area contributed by atoms with Crippen molar-refractivity contribution in [1.82, 2.24) is 15.0 Å². The molecule has 2 rings (SSSR count). The summed E-state index contributed by atoms with van der Waals surface area (Å²) in [5.74, 6) is 1.15. The Hall–Kier alpha value is -2.55. The summed E-state index contributed by atoms with van der Waals surface area (Å²) >= 11 is 0. The van der Waals surface area contributed by atoms with Gasteiger partial charge in [0, 0.05) is 6.54 Å². The van der Waals surface area contributed by atoms with Gasteiger partial charge in [0.25, 0.3) is 0 Å². The van der Waals surface area contributed by atoms with E-state index in [1.807, 2.05) is 37.3 Å². The Morgan fingerprint density at radius 2 is 2.16 bits per heavy atom. The lowest BCUT2D eigenvalue weighted by molar-refractivity contribution is 0.410. The molecule has 0 bridgehead atoms. The minimum Gasteiger partial charge on any atom is -0.494 e. The highest BCUT2D eigenvalue weighted by atomic mass is 16.5. The van der Waals surface area contributed by atoms with Crippen LogP contribution in [-0.2, 0) is 0 Å². The molecule has 6 nitrogen and oxygen atoms in total. The Balaban J connectivity index is 2.40. The Morgan fingerprint density at radius 3 is 2.84 bits per heavy atom. The molecule has 2 aromatic rings. The highest BCUT2D eigenvalue weighted by Crippen LogP contribution is 2.22. The van der Waals surface area contributed by atoms with E-state index < -0.39 is 0 Å². The maximum atomic E-state index is 9.07. The monoisotopic (exact) mass is 257 g/mol. The SMILES string of the molecule is CCCNc1nn(-c2ccccc2OC)nc1C#N. The van der Waals surface area contributed by atoms with E-state index in [1.54, 1.807) is 7.11 Å². The first-order chi connectivity index (χ1) is 9.30. The first-order valence-electron chi connectivity index (χ1n) is 6.04. The van der Waals surface area contributed by atoms with E-state index in [-0.39, 0.29) is 5.69 Å². The van der Waals surface area contributed by atoms with Crippen LogP contribution in [0.25, 0.3) is 5.69 Å². The van der Waals surface area contributed by atoms with Crippen LogP contribution in [0.3, 0.4) is 0 Å². The second-order valence-electron chi connectivity index (χ2n) is 3.90. The largest absolute Gasteiger partial charge is 0.494 e. The summed E-state index contributed by atoms with van der Waals surface area (Å²) in [7, 11) is 1.59. The van der Waals surface area contributed by atoms with Gasteiger partial charge in [-0.05, 0) is 18.6 Å². The molecule has 0 fully saturated rings. The number of benzene rings is 1. The third-order valence-corrected chi connectivity index (χ3v) is 2.56. The number of rotatable bonds is 5. The fourth-order valence-electron chi connectivity index (χ4n) is 1.65. The van der Waals surface area contributed by atoms with Crippen molar-refractivity contribution in [2.24, 2.45) is 0 Å². The summed E-state index contributed by atoms with van der Waals surface area (Å²) in [4.78, 5) is 1.41. The van der Waals surface area contributed by atoms with Crippen LogP contribution in [0.15, 0.2) is 24.3 Å². The van der Waals surface area contributed by atoms with E-state index in [2.05, 4.69) is 15.5 Å². The van der Waals surface area contributed by atoms with Gasteiger partial charge in [0.15, 0.2) is 5.82 Å². The molecule has 0 spiro atoms. The fraction of sp³-hybridized carbons (Fsp3) is 0.308. The van der Waals surface area contributed by atoms with E-state index in [4.69, 9.17) is 10.00 Å². The molecule has 0 aliphatic rings. The van der Waals surface area contributed by atoms with Crippen LogP contribution in [0, 0.1) is 11.3 Å².